The lowest BCUT2D eigenvalue weighted by atomic mass is 9.88. The van der Waals surface area contributed by atoms with Crippen LogP contribution in [0.5, 0.6) is 0 Å². The van der Waals surface area contributed by atoms with Crippen LogP contribution in [0.3, 0.4) is 0 Å². The highest BCUT2D eigenvalue weighted by Crippen LogP contribution is 2.38. The number of Topliss-reactive ketones (excluding diaryl/α,β-unsaturated/α-hetero) is 1. The Hall–Kier alpha value is -2.53. The third-order valence-corrected chi connectivity index (χ3v) is 3.56. The number of carbonyl (C=O) groups is 2. The summed E-state index contributed by atoms with van der Waals surface area (Å²) in [4.78, 5) is 24.2. The van der Waals surface area contributed by atoms with Crippen LogP contribution in [0.25, 0.3) is 0 Å². The molecule has 2 aromatic carbocycles. The molecule has 0 radical (unpaired) electrons. The molecule has 0 fully saturated rings. The van der Waals surface area contributed by atoms with Crippen molar-refractivity contribution in [1.82, 2.24) is 0 Å². The van der Waals surface area contributed by atoms with E-state index in [-0.39, 0.29) is 5.56 Å². The highest BCUT2D eigenvalue weighted by atomic mass is 19.1. The molecule has 1 amide bonds. The quantitative estimate of drug-likeness (QED) is 0.850. The number of aliphatic hydroxyl groups is 1. The van der Waals surface area contributed by atoms with Crippen molar-refractivity contribution in [3.63, 3.8) is 0 Å². The van der Waals surface area contributed by atoms with E-state index in [2.05, 4.69) is 5.32 Å². The summed E-state index contributed by atoms with van der Waals surface area (Å²) < 4.78 is 13.2. The SMILES string of the molecule is O=C(C[C@@]1(O)C(=O)Nc2ccccc21)c1cccc(F)c1. The molecule has 1 atom stereocenters. The monoisotopic (exact) mass is 285 g/mol. The van der Waals surface area contributed by atoms with Gasteiger partial charge in [-0.15, -0.1) is 0 Å². The van der Waals surface area contributed by atoms with Crippen LogP contribution < -0.4 is 5.32 Å². The van der Waals surface area contributed by atoms with E-state index >= 15 is 0 Å². The zero-order chi connectivity index (χ0) is 15.0. The Morgan fingerprint density at radius 2 is 1.95 bits per heavy atom. The van der Waals surface area contributed by atoms with Gasteiger partial charge in [0, 0.05) is 16.8 Å². The molecule has 4 nitrogen and oxygen atoms in total. The number of nitrogens with one attached hydrogen (secondary N) is 1. The number of amides is 1. The highest BCUT2D eigenvalue weighted by Gasteiger charge is 2.46. The summed E-state index contributed by atoms with van der Waals surface area (Å²) in [5.74, 6) is -1.68. The minimum Gasteiger partial charge on any atom is -0.375 e. The van der Waals surface area contributed by atoms with Gasteiger partial charge in [-0.1, -0.05) is 30.3 Å². The Labute approximate surface area is 120 Å². The Kier molecular flexibility index (Phi) is 3.07. The Morgan fingerprint density at radius 3 is 2.71 bits per heavy atom. The molecule has 0 aromatic heterocycles. The van der Waals surface area contributed by atoms with Crippen LogP contribution in [0.4, 0.5) is 10.1 Å². The van der Waals surface area contributed by atoms with Crippen LogP contribution >= 0.6 is 0 Å². The standard InChI is InChI=1S/C16H12FNO3/c17-11-5-3-4-10(8-11)14(19)9-16(21)12-6-1-2-7-13(12)18-15(16)20/h1-8,21H,9H2,(H,18,20)/t16-/m0/s1. The van der Waals surface area contributed by atoms with Crippen molar-refractivity contribution in [2.75, 3.05) is 5.32 Å². The fraction of sp³-hybridized carbons (Fsp3) is 0.125. The third kappa shape index (κ3) is 2.21. The fourth-order valence-corrected chi connectivity index (χ4v) is 2.47. The van der Waals surface area contributed by atoms with Gasteiger partial charge < -0.3 is 10.4 Å². The van der Waals surface area contributed by atoms with Gasteiger partial charge in [-0.3, -0.25) is 9.59 Å². The maximum atomic E-state index is 13.2. The van der Waals surface area contributed by atoms with E-state index in [4.69, 9.17) is 0 Å². The topological polar surface area (TPSA) is 66.4 Å². The molecule has 1 aliphatic rings. The first kappa shape index (κ1) is 13.5. The molecular weight excluding hydrogens is 273 g/mol. The van der Waals surface area contributed by atoms with E-state index < -0.39 is 29.5 Å². The van der Waals surface area contributed by atoms with E-state index in [1.807, 2.05) is 0 Å². The number of hydrogen-bond donors (Lipinski definition) is 2. The lowest BCUT2D eigenvalue weighted by molar-refractivity contribution is -0.133. The van der Waals surface area contributed by atoms with E-state index in [9.17, 15) is 19.1 Å². The van der Waals surface area contributed by atoms with Gasteiger partial charge in [0.05, 0.1) is 6.42 Å². The number of anilines is 1. The van der Waals surface area contributed by atoms with Crippen molar-refractivity contribution in [3.8, 4) is 0 Å². The van der Waals surface area contributed by atoms with Crippen molar-refractivity contribution in [1.29, 1.82) is 0 Å². The van der Waals surface area contributed by atoms with Crippen molar-refractivity contribution in [2.45, 2.75) is 12.0 Å². The largest absolute Gasteiger partial charge is 0.375 e. The molecule has 0 bridgehead atoms. The molecule has 0 saturated heterocycles. The second-order valence-corrected chi connectivity index (χ2v) is 4.97. The van der Waals surface area contributed by atoms with Gasteiger partial charge in [0.25, 0.3) is 5.91 Å². The summed E-state index contributed by atoms with van der Waals surface area (Å²) in [7, 11) is 0. The number of benzene rings is 2. The number of carbonyl (C=O) groups excluding carboxylic acids is 2. The molecule has 5 heteroatoms. The molecule has 106 valence electrons. The Morgan fingerprint density at radius 1 is 1.19 bits per heavy atom. The first-order valence-corrected chi connectivity index (χ1v) is 6.43. The van der Waals surface area contributed by atoms with Crippen LogP contribution in [-0.4, -0.2) is 16.8 Å². The minimum atomic E-state index is -1.92. The predicted octanol–water partition coefficient (Wildman–Crippen LogP) is 2.24. The highest BCUT2D eigenvalue weighted by molar-refractivity contribution is 6.09. The second kappa shape index (κ2) is 4.79. The number of rotatable bonds is 3. The van der Waals surface area contributed by atoms with Crippen LogP contribution in [0.15, 0.2) is 48.5 Å². The zero-order valence-corrected chi connectivity index (χ0v) is 11.0. The smallest absolute Gasteiger partial charge is 0.261 e. The van der Waals surface area contributed by atoms with E-state index in [0.29, 0.717) is 11.3 Å². The summed E-state index contributed by atoms with van der Waals surface area (Å²) in [5.41, 5.74) is -0.947. The van der Waals surface area contributed by atoms with E-state index in [0.717, 1.165) is 6.07 Å². The van der Waals surface area contributed by atoms with Crippen LogP contribution in [-0.2, 0) is 10.4 Å². The maximum Gasteiger partial charge on any atom is 0.261 e. The summed E-state index contributed by atoms with van der Waals surface area (Å²) >= 11 is 0. The average Bonchev–Trinajstić information content (AvgIpc) is 2.71. The Balaban J connectivity index is 1.94. The van der Waals surface area contributed by atoms with E-state index in [1.54, 1.807) is 24.3 Å². The Bertz CT molecular complexity index is 744. The molecule has 1 heterocycles. The first-order valence-electron chi connectivity index (χ1n) is 6.43. The minimum absolute atomic E-state index is 0.126. The number of halogens is 1. The number of hydrogen-bond acceptors (Lipinski definition) is 3. The first-order chi connectivity index (χ1) is 10.0. The van der Waals surface area contributed by atoms with Crippen LogP contribution in [0, 0.1) is 5.82 Å². The predicted molar refractivity (Wildman–Crippen MR) is 74.3 cm³/mol. The number of ketones is 1. The summed E-state index contributed by atoms with van der Waals surface area (Å²) in [6.07, 6.45) is -0.431. The summed E-state index contributed by atoms with van der Waals surface area (Å²) in [6.45, 7) is 0. The van der Waals surface area contributed by atoms with Gasteiger partial charge in [0.1, 0.15) is 5.82 Å². The molecular formula is C16H12FNO3. The van der Waals surface area contributed by atoms with E-state index in [1.165, 1.54) is 18.2 Å². The summed E-state index contributed by atoms with van der Waals surface area (Å²) in [6, 6.07) is 11.8. The van der Waals surface area contributed by atoms with Gasteiger partial charge in [-0.05, 0) is 18.2 Å². The molecule has 1 aliphatic heterocycles. The average molecular weight is 285 g/mol. The van der Waals surface area contributed by atoms with Crippen LogP contribution in [0.2, 0.25) is 0 Å². The zero-order valence-electron chi connectivity index (χ0n) is 11.0. The van der Waals surface area contributed by atoms with Gasteiger partial charge in [0.2, 0.25) is 0 Å². The fourth-order valence-electron chi connectivity index (χ4n) is 2.47. The molecule has 2 aromatic rings. The lowest BCUT2D eigenvalue weighted by Crippen LogP contribution is -2.36. The van der Waals surface area contributed by atoms with Crippen molar-refractivity contribution < 1.29 is 19.1 Å². The normalized spacial score (nSPS) is 20.0. The van der Waals surface area contributed by atoms with Gasteiger partial charge in [-0.25, -0.2) is 4.39 Å². The van der Waals surface area contributed by atoms with Crippen molar-refractivity contribution in [3.05, 3.63) is 65.5 Å². The number of para-hydroxylation sites is 1. The third-order valence-electron chi connectivity index (χ3n) is 3.56. The van der Waals surface area contributed by atoms with Gasteiger partial charge >= 0.3 is 0 Å². The molecule has 2 N–H and O–H groups in total. The molecule has 0 spiro atoms. The molecule has 0 unspecified atom stereocenters. The van der Waals surface area contributed by atoms with Gasteiger partial charge in [0.15, 0.2) is 11.4 Å². The summed E-state index contributed by atoms with van der Waals surface area (Å²) in [5, 5.41) is 13.1. The molecule has 0 aliphatic carbocycles. The van der Waals surface area contributed by atoms with Crippen LogP contribution in [0.1, 0.15) is 22.3 Å². The second-order valence-electron chi connectivity index (χ2n) is 4.97. The maximum absolute atomic E-state index is 13.2. The number of fused-ring (bicyclic) bond motifs is 1. The molecule has 3 rings (SSSR count). The van der Waals surface area contributed by atoms with Gasteiger partial charge in [-0.2, -0.15) is 0 Å². The van der Waals surface area contributed by atoms with Crippen molar-refractivity contribution >= 4 is 17.4 Å². The lowest BCUT2D eigenvalue weighted by Gasteiger charge is -2.19. The van der Waals surface area contributed by atoms with Crippen molar-refractivity contribution in [2.24, 2.45) is 0 Å². The molecule has 0 saturated carbocycles. The molecule has 21 heavy (non-hydrogen) atoms.